The minimum atomic E-state index is 0.523. The lowest BCUT2D eigenvalue weighted by Crippen LogP contribution is -2.45. The van der Waals surface area contributed by atoms with Gasteiger partial charge in [-0.1, -0.05) is 24.9 Å². The van der Waals surface area contributed by atoms with Gasteiger partial charge in [0.05, 0.1) is 0 Å². The smallest absolute Gasteiger partial charge is 0.227 e. The summed E-state index contributed by atoms with van der Waals surface area (Å²) in [6, 6.07) is 8.06. The number of hydrogen-bond donors (Lipinski definition) is 3. The number of aromatic nitrogens is 2. The van der Waals surface area contributed by atoms with Crippen molar-refractivity contribution in [2.24, 2.45) is 0 Å². The van der Waals surface area contributed by atoms with Crippen molar-refractivity contribution in [3.05, 3.63) is 59.6 Å². The highest BCUT2D eigenvalue weighted by Crippen LogP contribution is 2.17. The predicted octanol–water partition coefficient (Wildman–Crippen LogP) is 2.52. The largest absolute Gasteiger partial charge is 0.348 e. The van der Waals surface area contributed by atoms with Gasteiger partial charge in [0.1, 0.15) is 10.7 Å². The van der Waals surface area contributed by atoms with E-state index in [0.29, 0.717) is 16.6 Å². The number of thiocarbonyl (C=S) groups is 1. The Balaban J connectivity index is 1.61. The number of nitrogens with one attached hydrogen (secondary N) is 3. The third-order valence-electron chi connectivity index (χ3n) is 4.28. The molecule has 1 fully saturated rings. The van der Waals surface area contributed by atoms with Crippen LogP contribution in [0.5, 0.6) is 0 Å². The molecular formula is C20H26N6S. The molecule has 0 saturated carbocycles. The maximum absolute atomic E-state index is 5.51. The second-order valence-electron chi connectivity index (χ2n) is 6.85. The van der Waals surface area contributed by atoms with E-state index < -0.39 is 0 Å². The van der Waals surface area contributed by atoms with E-state index in [2.05, 4.69) is 69.4 Å². The maximum Gasteiger partial charge on any atom is 0.227 e. The Kier molecular flexibility index (Phi) is 6.49. The van der Waals surface area contributed by atoms with Crippen LogP contribution in [0.1, 0.15) is 16.8 Å². The number of benzene rings is 1. The normalized spacial score (nSPS) is 14.6. The fourth-order valence-electron chi connectivity index (χ4n) is 3.12. The number of aryl methyl sites for hydroxylation is 2. The summed E-state index contributed by atoms with van der Waals surface area (Å²) < 4.78 is 0. The fraction of sp³-hybridized carbons (Fsp3) is 0.350. The van der Waals surface area contributed by atoms with Crippen LogP contribution in [0.2, 0.25) is 0 Å². The molecule has 1 aliphatic heterocycles. The molecule has 0 aliphatic carbocycles. The van der Waals surface area contributed by atoms with Gasteiger partial charge in [-0.3, -0.25) is 4.90 Å². The highest BCUT2D eigenvalue weighted by molar-refractivity contribution is 7.80. The lowest BCUT2D eigenvalue weighted by atomic mass is 10.1. The average molecular weight is 383 g/mol. The second kappa shape index (κ2) is 9.03. The zero-order valence-electron chi connectivity index (χ0n) is 15.9. The minimum Gasteiger partial charge on any atom is -0.348 e. The van der Waals surface area contributed by atoms with Crippen molar-refractivity contribution in [1.82, 2.24) is 25.5 Å². The molecule has 0 radical (unpaired) electrons. The lowest BCUT2D eigenvalue weighted by Gasteiger charge is -2.28. The molecule has 0 amide bonds. The second-order valence-corrected chi connectivity index (χ2v) is 7.26. The monoisotopic (exact) mass is 382 g/mol. The average Bonchev–Trinajstić information content (AvgIpc) is 2.61. The minimum absolute atomic E-state index is 0.523. The highest BCUT2D eigenvalue weighted by Gasteiger charge is 2.12. The van der Waals surface area contributed by atoms with Crippen LogP contribution in [0.15, 0.2) is 42.7 Å². The zero-order chi connectivity index (χ0) is 19.2. The third-order valence-corrected chi connectivity index (χ3v) is 4.59. The van der Waals surface area contributed by atoms with Gasteiger partial charge in [0.15, 0.2) is 0 Å². The van der Waals surface area contributed by atoms with Crippen LogP contribution in [-0.2, 0) is 0 Å². The van der Waals surface area contributed by atoms with Gasteiger partial charge < -0.3 is 16.0 Å². The van der Waals surface area contributed by atoms with Crippen LogP contribution < -0.4 is 16.0 Å². The Bertz CT molecular complexity index is 809. The van der Waals surface area contributed by atoms with Crippen LogP contribution in [-0.4, -0.2) is 52.6 Å². The topological polar surface area (TPSA) is 65.1 Å². The van der Waals surface area contributed by atoms with E-state index in [1.54, 1.807) is 12.3 Å². The van der Waals surface area contributed by atoms with Crippen LogP contribution in [0.3, 0.4) is 0 Å². The Labute approximate surface area is 166 Å². The molecule has 0 unspecified atom stereocenters. The van der Waals surface area contributed by atoms with Crippen LogP contribution >= 0.6 is 12.2 Å². The van der Waals surface area contributed by atoms with E-state index in [9.17, 15) is 0 Å². The quantitative estimate of drug-likeness (QED) is 0.664. The SMILES string of the molecule is C=C(CN1CCNCC1)NC(=S)c1ccnc(Nc2cc(C)cc(C)c2)n1. The summed E-state index contributed by atoms with van der Waals surface area (Å²) in [5, 5.41) is 9.81. The van der Waals surface area contributed by atoms with Gasteiger partial charge in [0, 0.05) is 50.3 Å². The molecule has 0 atom stereocenters. The zero-order valence-corrected chi connectivity index (χ0v) is 16.7. The summed E-state index contributed by atoms with van der Waals surface area (Å²) in [6.45, 7) is 13.1. The van der Waals surface area contributed by atoms with Crippen molar-refractivity contribution in [1.29, 1.82) is 0 Å². The van der Waals surface area contributed by atoms with Gasteiger partial charge in [0.25, 0.3) is 0 Å². The molecule has 0 bridgehead atoms. The molecule has 1 aliphatic rings. The maximum atomic E-state index is 5.51. The molecule has 3 rings (SSSR count). The molecule has 27 heavy (non-hydrogen) atoms. The molecule has 0 spiro atoms. The Morgan fingerprint density at radius 3 is 2.63 bits per heavy atom. The van der Waals surface area contributed by atoms with Crippen molar-refractivity contribution < 1.29 is 0 Å². The Morgan fingerprint density at radius 1 is 1.22 bits per heavy atom. The first-order valence-electron chi connectivity index (χ1n) is 9.10. The molecule has 1 saturated heterocycles. The standard InChI is InChI=1S/C20H26N6S/c1-14-10-15(2)12-17(11-14)24-20-22-5-4-18(25-20)19(27)23-16(3)13-26-8-6-21-7-9-26/h4-5,10-12,21H,3,6-9,13H2,1-2H3,(H,23,27)(H,22,24,25). The van der Waals surface area contributed by atoms with Gasteiger partial charge in [0.2, 0.25) is 5.95 Å². The lowest BCUT2D eigenvalue weighted by molar-refractivity contribution is 0.258. The number of piperazine rings is 1. The number of rotatable bonds is 6. The Hall–Kier alpha value is -2.35. The van der Waals surface area contributed by atoms with Gasteiger partial charge >= 0.3 is 0 Å². The Morgan fingerprint density at radius 2 is 1.93 bits per heavy atom. The van der Waals surface area contributed by atoms with Crippen molar-refractivity contribution >= 4 is 28.8 Å². The highest BCUT2D eigenvalue weighted by atomic mass is 32.1. The van der Waals surface area contributed by atoms with E-state index >= 15 is 0 Å². The third kappa shape index (κ3) is 5.82. The van der Waals surface area contributed by atoms with Crippen molar-refractivity contribution in [2.45, 2.75) is 13.8 Å². The van der Waals surface area contributed by atoms with E-state index in [1.807, 2.05) is 0 Å². The molecular weight excluding hydrogens is 356 g/mol. The summed E-state index contributed by atoms with van der Waals surface area (Å²) in [6.07, 6.45) is 1.71. The summed E-state index contributed by atoms with van der Waals surface area (Å²) in [5.41, 5.74) is 4.90. The van der Waals surface area contributed by atoms with Gasteiger partial charge in [-0.05, 0) is 43.2 Å². The van der Waals surface area contributed by atoms with E-state index in [0.717, 1.165) is 44.1 Å². The first-order chi connectivity index (χ1) is 13.0. The van der Waals surface area contributed by atoms with Crippen LogP contribution in [0, 0.1) is 13.8 Å². The number of hydrogen-bond acceptors (Lipinski definition) is 6. The number of anilines is 2. The van der Waals surface area contributed by atoms with Crippen molar-refractivity contribution in [3.63, 3.8) is 0 Å². The molecule has 142 valence electrons. The summed E-state index contributed by atoms with van der Waals surface area (Å²) in [7, 11) is 0. The van der Waals surface area contributed by atoms with Gasteiger partial charge in [-0.25, -0.2) is 9.97 Å². The van der Waals surface area contributed by atoms with E-state index in [-0.39, 0.29) is 0 Å². The molecule has 3 N–H and O–H groups in total. The fourth-order valence-corrected chi connectivity index (χ4v) is 3.38. The van der Waals surface area contributed by atoms with Crippen molar-refractivity contribution in [2.75, 3.05) is 38.0 Å². The van der Waals surface area contributed by atoms with Gasteiger partial charge in [-0.15, -0.1) is 0 Å². The van der Waals surface area contributed by atoms with Crippen LogP contribution in [0.25, 0.3) is 0 Å². The molecule has 7 heteroatoms. The molecule has 1 aromatic carbocycles. The summed E-state index contributed by atoms with van der Waals surface area (Å²) in [4.78, 5) is 11.7. The summed E-state index contributed by atoms with van der Waals surface area (Å²) >= 11 is 5.51. The van der Waals surface area contributed by atoms with E-state index in [4.69, 9.17) is 12.2 Å². The number of nitrogens with zero attached hydrogens (tertiary/aromatic N) is 3. The van der Waals surface area contributed by atoms with Crippen LogP contribution in [0.4, 0.5) is 11.6 Å². The first-order valence-corrected chi connectivity index (χ1v) is 9.51. The summed E-state index contributed by atoms with van der Waals surface area (Å²) in [5.74, 6) is 0.523. The van der Waals surface area contributed by atoms with Crippen molar-refractivity contribution in [3.8, 4) is 0 Å². The predicted molar refractivity (Wildman–Crippen MR) is 115 cm³/mol. The molecule has 1 aromatic heterocycles. The first kappa shape index (κ1) is 19.4. The molecule has 2 aromatic rings. The molecule has 2 heterocycles. The van der Waals surface area contributed by atoms with E-state index in [1.165, 1.54) is 11.1 Å². The molecule has 6 nitrogen and oxygen atoms in total. The van der Waals surface area contributed by atoms with Gasteiger partial charge in [-0.2, -0.15) is 0 Å².